The van der Waals surface area contributed by atoms with Gasteiger partial charge in [-0.3, -0.25) is 9.63 Å². The Labute approximate surface area is 101 Å². The molecule has 1 N–H and O–H groups in total. The van der Waals surface area contributed by atoms with Gasteiger partial charge in [0.1, 0.15) is 12.6 Å². The SMILES string of the molecule is C=CCON[C@@H](C)C(=O)OCc1ccccc1. The Morgan fingerprint density at radius 1 is 1.47 bits per heavy atom. The number of benzene rings is 1. The van der Waals surface area contributed by atoms with E-state index in [4.69, 9.17) is 9.57 Å². The Morgan fingerprint density at radius 3 is 2.82 bits per heavy atom. The van der Waals surface area contributed by atoms with E-state index in [1.807, 2.05) is 30.3 Å². The maximum Gasteiger partial charge on any atom is 0.325 e. The van der Waals surface area contributed by atoms with Gasteiger partial charge < -0.3 is 4.74 Å². The highest BCUT2D eigenvalue weighted by Crippen LogP contribution is 2.01. The Kier molecular flexibility index (Phi) is 5.99. The fourth-order valence-electron chi connectivity index (χ4n) is 1.13. The summed E-state index contributed by atoms with van der Waals surface area (Å²) in [5, 5.41) is 0. The molecule has 0 aliphatic carbocycles. The normalized spacial score (nSPS) is 11.8. The summed E-state index contributed by atoms with van der Waals surface area (Å²) in [5.74, 6) is -0.349. The number of esters is 1. The summed E-state index contributed by atoms with van der Waals surface area (Å²) >= 11 is 0. The van der Waals surface area contributed by atoms with Crippen LogP contribution in [-0.2, 0) is 21.0 Å². The molecule has 0 spiro atoms. The molecule has 4 heteroatoms. The van der Waals surface area contributed by atoms with Gasteiger partial charge in [-0.2, -0.15) is 5.48 Å². The molecule has 1 aromatic carbocycles. The number of ether oxygens (including phenoxy) is 1. The van der Waals surface area contributed by atoms with Crippen LogP contribution in [0.15, 0.2) is 43.0 Å². The largest absolute Gasteiger partial charge is 0.460 e. The van der Waals surface area contributed by atoms with Crippen LogP contribution in [-0.4, -0.2) is 18.6 Å². The predicted molar refractivity (Wildman–Crippen MR) is 65.0 cm³/mol. The monoisotopic (exact) mass is 235 g/mol. The smallest absolute Gasteiger partial charge is 0.325 e. The van der Waals surface area contributed by atoms with Crippen LogP contribution in [0.4, 0.5) is 0 Å². The summed E-state index contributed by atoms with van der Waals surface area (Å²) in [5.41, 5.74) is 3.53. The molecular formula is C13H17NO3. The van der Waals surface area contributed by atoms with Crippen molar-refractivity contribution in [3.8, 4) is 0 Å². The Balaban J connectivity index is 2.26. The van der Waals surface area contributed by atoms with Crippen LogP contribution < -0.4 is 5.48 Å². The Hall–Kier alpha value is -1.65. The van der Waals surface area contributed by atoms with E-state index >= 15 is 0 Å². The van der Waals surface area contributed by atoms with Crippen molar-refractivity contribution in [3.05, 3.63) is 48.6 Å². The first-order valence-electron chi connectivity index (χ1n) is 5.43. The zero-order chi connectivity index (χ0) is 12.5. The van der Waals surface area contributed by atoms with Gasteiger partial charge >= 0.3 is 5.97 Å². The first kappa shape index (κ1) is 13.4. The van der Waals surface area contributed by atoms with Crippen LogP contribution in [0.25, 0.3) is 0 Å². The summed E-state index contributed by atoms with van der Waals surface area (Å²) in [7, 11) is 0. The minimum atomic E-state index is -0.501. The van der Waals surface area contributed by atoms with Crippen molar-refractivity contribution in [1.29, 1.82) is 0 Å². The highest BCUT2D eigenvalue weighted by atomic mass is 16.6. The molecule has 1 aromatic rings. The summed E-state index contributed by atoms with van der Waals surface area (Å²) in [6.45, 7) is 5.79. The fourth-order valence-corrected chi connectivity index (χ4v) is 1.13. The van der Waals surface area contributed by atoms with Gasteiger partial charge in [-0.15, -0.1) is 6.58 Å². The molecule has 0 aliphatic heterocycles. The van der Waals surface area contributed by atoms with Crippen LogP contribution in [0.3, 0.4) is 0 Å². The first-order valence-corrected chi connectivity index (χ1v) is 5.43. The van der Waals surface area contributed by atoms with E-state index in [0.717, 1.165) is 5.56 Å². The predicted octanol–water partition coefficient (Wildman–Crippen LogP) is 1.83. The van der Waals surface area contributed by atoms with Crippen LogP contribution in [0, 0.1) is 0 Å². The van der Waals surface area contributed by atoms with E-state index in [1.165, 1.54) is 0 Å². The van der Waals surface area contributed by atoms with Gasteiger partial charge in [0, 0.05) is 0 Å². The lowest BCUT2D eigenvalue weighted by molar-refractivity contribution is -0.151. The lowest BCUT2D eigenvalue weighted by Gasteiger charge is -2.12. The van der Waals surface area contributed by atoms with Gasteiger partial charge in [-0.05, 0) is 12.5 Å². The molecule has 0 radical (unpaired) electrons. The van der Waals surface area contributed by atoms with E-state index in [0.29, 0.717) is 6.61 Å². The molecule has 0 fully saturated rings. The third-order valence-electron chi connectivity index (χ3n) is 2.04. The van der Waals surface area contributed by atoms with Gasteiger partial charge in [0.05, 0.1) is 6.61 Å². The van der Waals surface area contributed by atoms with E-state index in [9.17, 15) is 4.79 Å². The van der Waals surface area contributed by atoms with Crippen molar-refractivity contribution in [1.82, 2.24) is 5.48 Å². The first-order chi connectivity index (χ1) is 8.24. The topological polar surface area (TPSA) is 47.6 Å². The van der Waals surface area contributed by atoms with E-state index in [-0.39, 0.29) is 12.6 Å². The molecule has 4 nitrogen and oxygen atoms in total. The maximum absolute atomic E-state index is 11.5. The van der Waals surface area contributed by atoms with Crippen LogP contribution in [0.2, 0.25) is 0 Å². The molecule has 0 unspecified atom stereocenters. The molecule has 17 heavy (non-hydrogen) atoms. The number of nitrogens with one attached hydrogen (secondary N) is 1. The van der Waals surface area contributed by atoms with E-state index < -0.39 is 6.04 Å². The highest BCUT2D eigenvalue weighted by Gasteiger charge is 2.13. The van der Waals surface area contributed by atoms with Gasteiger partial charge in [-0.25, -0.2) is 0 Å². The van der Waals surface area contributed by atoms with Crippen molar-refractivity contribution in [2.24, 2.45) is 0 Å². The average molecular weight is 235 g/mol. The minimum Gasteiger partial charge on any atom is -0.460 e. The third-order valence-corrected chi connectivity index (χ3v) is 2.04. The maximum atomic E-state index is 11.5. The number of carbonyl (C=O) groups excluding carboxylic acids is 1. The van der Waals surface area contributed by atoms with Crippen molar-refractivity contribution in [2.45, 2.75) is 19.6 Å². The zero-order valence-corrected chi connectivity index (χ0v) is 9.89. The highest BCUT2D eigenvalue weighted by molar-refractivity contribution is 5.75. The van der Waals surface area contributed by atoms with Crippen molar-refractivity contribution < 1.29 is 14.4 Å². The molecule has 1 atom stereocenters. The van der Waals surface area contributed by atoms with Crippen molar-refractivity contribution in [2.75, 3.05) is 6.61 Å². The molecule has 92 valence electrons. The molecular weight excluding hydrogens is 218 g/mol. The van der Waals surface area contributed by atoms with Gasteiger partial charge in [-0.1, -0.05) is 36.4 Å². The van der Waals surface area contributed by atoms with E-state index in [1.54, 1.807) is 13.0 Å². The summed E-state index contributed by atoms with van der Waals surface area (Å²) in [4.78, 5) is 16.5. The Bertz CT molecular complexity index is 351. The van der Waals surface area contributed by atoms with Crippen molar-refractivity contribution >= 4 is 5.97 Å². The standard InChI is InChI=1S/C13H17NO3/c1-3-9-17-14-11(2)13(15)16-10-12-7-5-4-6-8-12/h3-8,11,14H,1,9-10H2,2H3/t11-/m0/s1. The summed E-state index contributed by atoms with van der Waals surface area (Å²) in [6.07, 6.45) is 1.59. The molecule has 1 rings (SSSR count). The molecule has 0 amide bonds. The molecule has 0 heterocycles. The second-order valence-electron chi connectivity index (χ2n) is 3.53. The zero-order valence-electron chi connectivity index (χ0n) is 9.89. The second kappa shape index (κ2) is 7.60. The van der Waals surface area contributed by atoms with Crippen molar-refractivity contribution in [3.63, 3.8) is 0 Å². The lowest BCUT2D eigenvalue weighted by Crippen LogP contribution is -2.35. The third kappa shape index (κ3) is 5.29. The molecule has 0 aromatic heterocycles. The van der Waals surface area contributed by atoms with E-state index in [2.05, 4.69) is 12.1 Å². The van der Waals surface area contributed by atoms with Gasteiger partial charge in [0.2, 0.25) is 0 Å². The quantitative estimate of drug-likeness (QED) is 0.339. The lowest BCUT2D eigenvalue weighted by atomic mass is 10.2. The molecule has 0 saturated heterocycles. The fraction of sp³-hybridized carbons (Fsp3) is 0.308. The van der Waals surface area contributed by atoms with Crippen LogP contribution in [0.5, 0.6) is 0 Å². The average Bonchev–Trinajstić information content (AvgIpc) is 2.37. The summed E-state index contributed by atoms with van der Waals surface area (Å²) < 4.78 is 5.11. The molecule has 0 aliphatic rings. The Morgan fingerprint density at radius 2 is 2.18 bits per heavy atom. The molecule has 0 saturated carbocycles. The van der Waals surface area contributed by atoms with Crippen LogP contribution >= 0.6 is 0 Å². The van der Waals surface area contributed by atoms with Gasteiger partial charge in [0.15, 0.2) is 0 Å². The number of rotatable bonds is 7. The number of hydrogen-bond acceptors (Lipinski definition) is 4. The molecule has 0 bridgehead atoms. The van der Waals surface area contributed by atoms with Gasteiger partial charge in [0.25, 0.3) is 0 Å². The summed E-state index contributed by atoms with van der Waals surface area (Å²) in [6, 6.07) is 9.02. The second-order valence-corrected chi connectivity index (χ2v) is 3.53. The minimum absolute atomic E-state index is 0.271. The van der Waals surface area contributed by atoms with Crippen LogP contribution in [0.1, 0.15) is 12.5 Å². The number of hydrogen-bond donors (Lipinski definition) is 1. The number of carbonyl (C=O) groups is 1. The number of hydroxylamine groups is 1.